The lowest BCUT2D eigenvalue weighted by atomic mass is 10.1. The predicted molar refractivity (Wildman–Crippen MR) is 63.6 cm³/mol. The van der Waals surface area contributed by atoms with Crippen molar-refractivity contribution in [1.29, 1.82) is 0 Å². The second-order valence-electron chi connectivity index (χ2n) is 3.65. The highest BCUT2D eigenvalue weighted by molar-refractivity contribution is 6.34. The van der Waals surface area contributed by atoms with Crippen LogP contribution in [0.15, 0.2) is 28.8 Å². The Balaban J connectivity index is 2.12. The Morgan fingerprint density at radius 2 is 2.22 bits per heavy atom. The quantitative estimate of drug-likeness (QED) is 0.741. The first-order chi connectivity index (χ1) is 8.65. The number of carboxylic acid groups (broad SMARTS) is 1. The normalized spacial score (nSPS) is 10.9. The van der Waals surface area contributed by atoms with Gasteiger partial charge < -0.3 is 9.63 Å². The van der Waals surface area contributed by atoms with Gasteiger partial charge >= 0.3 is 5.97 Å². The smallest absolute Gasteiger partial charge is 0.358 e. The third-order valence-corrected chi connectivity index (χ3v) is 2.81. The number of aromatic nitrogens is 3. The number of hydrogen-bond donors (Lipinski definition) is 2. The van der Waals surface area contributed by atoms with E-state index in [-0.39, 0.29) is 5.69 Å². The van der Waals surface area contributed by atoms with E-state index in [2.05, 4.69) is 15.4 Å². The molecule has 0 bridgehead atoms. The standard InChI is InChI=1S/C11H6ClN3O3/c12-10-6-3-5(1-2-7(6)13-14-10)9-4-8(11(16)17)15-18-9/h1-4H,(H,13,14)(H,16,17). The van der Waals surface area contributed by atoms with Crippen LogP contribution in [0.3, 0.4) is 0 Å². The van der Waals surface area contributed by atoms with Crippen molar-refractivity contribution in [2.24, 2.45) is 0 Å². The molecule has 3 rings (SSSR count). The number of rotatable bonds is 2. The molecule has 0 unspecified atom stereocenters. The van der Waals surface area contributed by atoms with Crippen LogP contribution in [0.1, 0.15) is 10.5 Å². The topological polar surface area (TPSA) is 92.0 Å². The molecular formula is C11H6ClN3O3. The first-order valence-corrected chi connectivity index (χ1v) is 5.37. The van der Waals surface area contributed by atoms with Gasteiger partial charge in [0.05, 0.1) is 5.52 Å². The van der Waals surface area contributed by atoms with Gasteiger partial charge in [-0.25, -0.2) is 4.79 Å². The Morgan fingerprint density at radius 1 is 1.39 bits per heavy atom. The van der Waals surface area contributed by atoms with Crippen LogP contribution in [0.2, 0.25) is 5.15 Å². The van der Waals surface area contributed by atoms with Crippen molar-refractivity contribution in [1.82, 2.24) is 15.4 Å². The van der Waals surface area contributed by atoms with Crippen LogP contribution in [-0.2, 0) is 0 Å². The number of nitrogens with one attached hydrogen (secondary N) is 1. The Hall–Kier alpha value is -2.34. The molecule has 2 heterocycles. The number of aromatic carboxylic acids is 1. The van der Waals surface area contributed by atoms with E-state index in [0.29, 0.717) is 16.5 Å². The first kappa shape index (κ1) is 10.8. The fourth-order valence-electron chi connectivity index (χ4n) is 1.64. The summed E-state index contributed by atoms with van der Waals surface area (Å²) in [5.41, 5.74) is 1.27. The molecule has 18 heavy (non-hydrogen) atoms. The average Bonchev–Trinajstić information content (AvgIpc) is 2.96. The lowest BCUT2D eigenvalue weighted by Crippen LogP contribution is -1.94. The van der Waals surface area contributed by atoms with Crippen molar-refractivity contribution in [3.05, 3.63) is 35.1 Å². The summed E-state index contributed by atoms with van der Waals surface area (Å²) in [6.07, 6.45) is 0. The van der Waals surface area contributed by atoms with E-state index in [1.807, 2.05) is 0 Å². The summed E-state index contributed by atoms with van der Waals surface area (Å²) in [4.78, 5) is 10.7. The van der Waals surface area contributed by atoms with E-state index in [0.717, 1.165) is 10.9 Å². The molecule has 0 atom stereocenters. The van der Waals surface area contributed by atoms with E-state index in [9.17, 15) is 4.79 Å². The molecule has 0 spiro atoms. The maximum absolute atomic E-state index is 10.7. The summed E-state index contributed by atoms with van der Waals surface area (Å²) in [5.74, 6) is -0.765. The lowest BCUT2D eigenvalue weighted by Gasteiger charge is -1.95. The molecule has 3 aromatic rings. The van der Waals surface area contributed by atoms with Gasteiger partial charge in [-0.1, -0.05) is 16.8 Å². The Morgan fingerprint density at radius 3 is 2.94 bits per heavy atom. The SMILES string of the molecule is O=C(O)c1cc(-c2ccc3n[nH]c(Cl)c3c2)on1. The van der Waals surface area contributed by atoms with E-state index >= 15 is 0 Å². The minimum atomic E-state index is -1.13. The zero-order valence-electron chi connectivity index (χ0n) is 8.85. The van der Waals surface area contributed by atoms with Crippen molar-refractivity contribution in [2.45, 2.75) is 0 Å². The Labute approximate surface area is 105 Å². The van der Waals surface area contributed by atoms with Gasteiger partial charge in [-0.3, -0.25) is 5.10 Å². The van der Waals surface area contributed by atoms with Crippen LogP contribution in [0.25, 0.3) is 22.2 Å². The number of nitrogens with zero attached hydrogens (tertiary/aromatic N) is 2. The number of H-pyrrole nitrogens is 1. The third-order valence-electron chi connectivity index (χ3n) is 2.52. The van der Waals surface area contributed by atoms with E-state index in [1.165, 1.54) is 6.07 Å². The van der Waals surface area contributed by atoms with Gasteiger partial charge in [0.1, 0.15) is 5.15 Å². The molecule has 2 aromatic heterocycles. The second-order valence-corrected chi connectivity index (χ2v) is 4.03. The molecule has 0 aliphatic carbocycles. The van der Waals surface area contributed by atoms with Gasteiger partial charge in [-0.15, -0.1) is 0 Å². The van der Waals surface area contributed by atoms with Crippen LogP contribution in [-0.4, -0.2) is 26.4 Å². The zero-order chi connectivity index (χ0) is 12.7. The van der Waals surface area contributed by atoms with Gasteiger partial charge in [-0.2, -0.15) is 5.10 Å². The van der Waals surface area contributed by atoms with Gasteiger partial charge in [0, 0.05) is 17.0 Å². The minimum Gasteiger partial charge on any atom is -0.476 e. The number of carboxylic acids is 1. The molecule has 0 aliphatic rings. The van der Waals surface area contributed by atoms with Gasteiger partial charge in [0.2, 0.25) is 0 Å². The zero-order valence-corrected chi connectivity index (χ0v) is 9.60. The number of halogens is 1. The number of aromatic amines is 1. The van der Waals surface area contributed by atoms with Gasteiger partial charge in [0.15, 0.2) is 11.5 Å². The number of fused-ring (bicyclic) bond motifs is 1. The van der Waals surface area contributed by atoms with Crippen LogP contribution in [0, 0.1) is 0 Å². The van der Waals surface area contributed by atoms with Crippen LogP contribution >= 0.6 is 11.6 Å². The molecule has 0 radical (unpaired) electrons. The van der Waals surface area contributed by atoms with Crippen molar-refractivity contribution < 1.29 is 14.4 Å². The van der Waals surface area contributed by atoms with E-state index in [4.69, 9.17) is 21.2 Å². The molecule has 2 N–H and O–H groups in total. The molecule has 0 aliphatic heterocycles. The van der Waals surface area contributed by atoms with Gasteiger partial charge in [-0.05, 0) is 18.2 Å². The second kappa shape index (κ2) is 3.85. The Bertz CT molecular complexity index is 747. The molecule has 7 heteroatoms. The lowest BCUT2D eigenvalue weighted by molar-refractivity contribution is 0.0686. The summed E-state index contributed by atoms with van der Waals surface area (Å²) in [5, 5.41) is 20.0. The highest BCUT2D eigenvalue weighted by atomic mass is 35.5. The van der Waals surface area contributed by atoms with Crippen molar-refractivity contribution in [3.8, 4) is 11.3 Å². The van der Waals surface area contributed by atoms with Crippen LogP contribution in [0.5, 0.6) is 0 Å². The molecule has 0 amide bonds. The molecule has 0 saturated carbocycles. The summed E-state index contributed by atoms with van der Waals surface area (Å²) in [6.45, 7) is 0. The highest BCUT2D eigenvalue weighted by Crippen LogP contribution is 2.27. The average molecular weight is 264 g/mol. The molecule has 0 fully saturated rings. The number of carbonyl (C=O) groups is 1. The maximum atomic E-state index is 10.7. The van der Waals surface area contributed by atoms with Crippen LogP contribution in [0.4, 0.5) is 0 Å². The molecule has 6 nitrogen and oxygen atoms in total. The maximum Gasteiger partial charge on any atom is 0.358 e. The van der Waals surface area contributed by atoms with Crippen molar-refractivity contribution >= 4 is 28.5 Å². The van der Waals surface area contributed by atoms with Gasteiger partial charge in [0.25, 0.3) is 0 Å². The Kier molecular flexibility index (Phi) is 2.31. The number of hydrogen-bond acceptors (Lipinski definition) is 4. The van der Waals surface area contributed by atoms with Crippen molar-refractivity contribution in [3.63, 3.8) is 0 Å². The summed E-state index contributed by atoms with van der Waals surface area (Å²) >= 11 is 5.93. The number of benzene rings is 1. The van der Waals surface area contributed by atoms with Crippen molar-refractivity contribution in [2.75, 3.05) is 0 Å². The minimum absolute atomic E-state index is 0.136. The molecular weight excluding hydrogens is 258 g/mol. The fraction of sp³-hybridized carbons (Fsp3) is 0. The van der Waals surface area contributed by atoms with E-state index < -0.39 is 5.97 Å². The largest absolute Gasteiger partial charge is 0.476 e. The summed E-state index contributed by atoms with van der Waals surface area (Å²) in [7, 11) is 0. The summed E-state index contributed by atoms with van der Waals surface area (Å²) < 4.78 is 4.97. The predicted octanol–water partition coefficient (Wildman–Crippen LogP) is 2.57. The van der Waals surface area contributed by atoms with E-state index in [1.54, 1.807) is 18.2 Å². The third kappa shape index (κ3) is 1.63. The fourth-order valence-corrected chi connectivity index (χ4v) is 1.84. The first-order valence-electron chi connectivity index (χ1n) is 4.99. The molecule has 90 valence electrons. The molecule has 0 saturated heterocycles. The monoisotopic (exact) mass is 263 g/mol. The van der Waals surface area contributed by atoms with Crippen LogP contribution < -0.4 is 0 Å². The highest BCUT2D eigenvalue weighted by Gasteiger charge is 2.13. The summed E-state index contributed by atoms with van der Waals surface area (Å²) in [6, 6.07) is 6.63. The molecule has 1 aromatic carbocycles.